The normalized spacial score (nSPS) is 19.4. The van der Waals surface area contributed by atoms with Crippen LogP contribution in [0.5, 0.6) is 0 Å². The van der Waals surface area contributed by atoms with Gasteiger partial charge in [-0.3, -0.25) is 19.2 Å². The first-order chi connectivity index (χ1) is 21.9. The van der Waals surface area contributed by atoms with Gasteiger partial charge in [0.15, 0.2) is 12.0 Å². The smallest absolute Gasteiger partial charge is 0.314 e. The van der Waals surface area contributed by atoms with E-state index in [-0.39, 0.29) is 18.5 Å². The molecule has 45 heavy (non-hydrogen) atoms. The predicted molar refractivity (Wildman–Crippen MR) is 172 cm³/mol. The highest BCUT2D eigenvalue weighted by atomic mass is 16.6. The zero-order chi connectivity index (χ0) is 32.5. The molecule has 5 aromatic rings. The summed E-state index contributed by atoms with van der Waals surface area (Å²) in [7, 11) is 2.57. The van der Waals surface area contributed by atoms with Crippen molar-refractivity contribution in [1.82, 2.24) is 14.5 Å². The van der Waals surface area contributed by atoms with Crippen LogP contribution in [0.25, 0.3) is 43.6 Å². The molecule has 0 saturated carbocycles. The summed E-state index contributed by atoms with van der Waals surface area (Å²) in [6, 6.07) is 15.5. The second-order valence-corrected chi connectivity index (χ2v) is 10.8. The molecule has 1 amide bonds. The number of allylic oxidation sites excluding steroid dienone is 1. The number of fused-ring (bicyclic) bond motifs is 10. The van der Waals surface area contributed by atoms with Crippen LogP contribution in [-0.4, -0.2) is 66.0 Å². The number of nitrogens with two attached hydrogens (primary N) is 1. The maximum Gasteiger partial charge on any atom is 0.314 e. The van der Waals surface area contributed by atoms with Crippen LogP contribution in [0, 0.1) is 5.92 Å². The summed E-state index contributed by atoms with van der Waals surface area (Å²) in [6.07, 6.45) is 3.08. The zero-order valence-electron chi connectivity index (χ0n) is 25.4. The molecule has 2 aliphatic heterocycles. The number of ether oxygens (including phenoxy) is 2. The highest BCUT2D eigenvalue weighted by Gasteiger charge is 2.55. The Hall–Kier alpha value is -4.84. The van der Waals surface area contributed by atoms with Crippen LogP contribution < -0.4 is 11.1 Å². The number of aliphatic hydroxyl groups is 1. The van der Waals surface area contributed by atoms with E-state index < -0.39 is 17.9 Å². The number of aromatic nitrogens is 2. The number of nitrogens with one attached hydrogen (secondary N) is 1. The van der Waals surface area contributed by atoms with E-state index in [0.717, 1.165) is 46.2 Å². The summed E-state index contributed by atoms with van der Waals surface area (Å²) in [5, 5.41) is 12.8. The highest BCUT2D eigenvalue weighted by molar-refractivity contribution is 6.33. The fourth-order valence-corrected chi connectivity index (χ4v) is 6.85. The standard InChI is InChI=1S/C30H28N4O5.C3H4O.CH4O/c1-30-19(29(37)38-13-7-12-31)14-22(39-30)33-20-10-5-3-8-16(20)24-25(28(36)32-2)18(15-35)23-17-9-4-6-11-21(17)34(30)27(23)26(24)33;1-2-3-4;1-2/h3-6,8-11,15,19,22H,7,12-14,31H2,1-2H3,(H,32,36);2-3H,1H2;2H,1H3. The summed E-state index contributed by atoms with van der Waals surface area (Å²) in [4.78, 5) is 48.9. The lowest BCUT2D eigenvalue weighted by Crippen LogP contribution is -2.40. The number of hydrogen-bond acceptors (Lipinski definition) is 8. The molecule has 0 aliphatic carbocycles. The Morgan fingerprint density at radius 2 is 1.71 bits per heavy atom. The maximum atomic E-state index is 13.5. The van der Waals surface area contributed by atoms with E-state index in [1.54, 1.807) is 7.05 Å². The number of amides is 1. The lowest BCUT2D eigenvalue weighted by atomic mass is 9.93. The Morgan fingerprint density at radius 3 is 2.31 bits per heavy atom. The number of para-hydroxylation sites is 2. The highest BCUT2D eigenvalue weighted by Crippen LogP contribution is 2.55. The Kier molecular flexibility index (Phi) is 8.87. The van der Waals surface area contributed by atoms with Crippen molar-refractivity contribution in [2.24, 2.45) is 11.7 Å². The molecule has 3 atom stereocenters. The number of hydrogen-bond donors (Lipinski definition) is 3. The molecule has 4 heterocycles. The number of benzene rings is 3. The van der Waals surface area contributed by atoms with Gasteiger partial charge in [0, 0.05) is 47.7 Å². The van der Waals surface area contributed by atoms with Crippen molar-refractivity contribution in [2.75, 3.05) is 27.3 Å². The monoisotopic (exact) mass is 612 g/mol. The molecule has 0 radical (unpaired) electrons. The van der Waals surface area contributed by atoms with E-state index in [1.807, 2.05) is 55.5 Å². The van der Waals surface area contributed by atoms with Crippen molar-refractivity contribution >= 4 is 68.1 Å². The minimum atomic E-state index is -1.10. The third-order valence-electron chi connectivity index (χ3n) is 8.53. The molecule has 2 aliphatic rings. The first-order valence-corrected chi connectivity index (χ1v) is 14.6. The van der Waals surface area contributed by atoms with Gasteiger partial charge in [-0.1, -0.05) is 43.0 Å². The SMILES string of the molecule is C=CC=O.CNC(=O)c1c(C=O)c2c3ccccc3n3c2c2c1c1ccccc1n2C1CC(C(=O)OCCCN)C3(C)O1.CO. The lowest BCUT2D eigenvalue weighted by Gasteiger charge is -2.32. The number of aliphatic hydroxyl groups excluding tert-OH is 1. The van der Waals surface area contributed by atoms with Gasteiger partial charge in [-0.05, 0) is 38.1 Å². The summed E-state index contributed by atoms with van der Waals surface area (Å²) >= 11 is 0. The van der Waals surface area contributed by atoms with Crippen LogP contribution >= 0.6 is 0 Å². The van der Waals surface area contributed by atoms with Crippen molar-refractivity contribution in [1.29, 1.82) is 0 Å². The third-order valence-corrected chi connectivity index (χ3v) is 8.53. The lowest BCUT2D eigenvalue weighted by molar-refractivity contribution is -0.164. The van der Waals surface area contributed by atoms with Crippen LogP contribution in [0.1, 0.15) is 46.7 Å². The molecule has 2 bridgehead atoms. The largest absolute Gasteiger partial charge is 0.465 e. The number of esters is 1. The van der Waals surface area contributed by atoms with Crippen molar-refractivity contribution < 1.29 is 33.8 Å². The molecule has 2 aromatic heterocycles. The predicted octanol–water partition coefficient (Wildman–Crippen LogP) is 4.17. The third kappa shape index (κ3) is 4.62. The Balaban J connectivity index is 0.000000620. The Bertz CT molecular complexity index is 1970. The van der Waals surface area contributed by atoms with Gasteiger partial charge in [-0.2, -0.15) is 0 Å². The number of nitrogens with zero attached hydrogens (tertiary/aromatic N) is 2. The van der Waals surface area contributed by atoms with Crippen molar-refractivity contribution in [3.8, 4) is 0 Å². The summed E-state index contributed by atoms with van der Waals surface area (Å²) in [5.74, 6) is -1.28. The second-order valence-electron chi connectivity index (χ2n) is 10.8. The van der Waals surface area contributed by atoms with Crippen molar-refractivity contribution in [3.63, 3.8) is 0 Å². The molecule has 7 rings (SSSR count). The van der Waals surface area contributed by atoms with Crippen molar-refractivity contribution in [2.45, 2.75) is 31.7 Å². The van der Waals surface area contributed by atoms with Crippen LogP contribution in [0.4, 0.5) is 0 Å². The van der Waals surface area contributed by atoms with Crippen LogP contribution in [-0.2, 0) is 24.8 Å². The van der Waals surface area contributed by atoms with Gasteiger partial charge in [0.25, 0.3) is 5.91 Å². The molecule has 4 N–H and O–H groups in total. The van der Waals surface area contributed by atoms with Gasteiger partial charge in [0.05, 0.1) is 34.2 Å². The van der Waals surface area contributed by atoms with Crippen LogP contribution in [0.3, 0.4) is 0 Å². The molecule has 234 valence electrons. The fraction of sp³-hybridized carbons (Fsp3) is 0.294. The first kappa shape index (κ1) is 31.6. The van der Waals surface area contributed by atoms with Gasteiger partial charge in [0.1, 0.15) is 18.4 Å². The van der Waals surface area contributed by atoms with Gasteiger partial charge < -0.3 is 34.8 Å². The molecule has 1 saturated heterocycles. The molecule has 0 spiro atoms. The summed E-state index contributed by atoms with van der Waals surface area (Å²) in [5.41, 5.74) is 8.44. The van der Waals surface area contributed by atoms with E-state index in [9.17, 15) is 14.4 Å². The molecule has 3 aromatic carbocycles. The molecular formula is C34H36N4O7. The number of carbonyl (C=O) groups excluding carboxylic acids is 4. The maximum absolute atomic E-state index is 13.5. The van der Waals surface area contributed by atoms with Gasteiger partial charge in [-0.25, -0.2) is 0 Å². The second kappa shape index (κ2) is 12.6. The number of carbonyl (C=O) groups is 4. The molecule has 11 heteroatoms. The summed E-state index contributed by atoms with van der Waals surface area (Å²) in [6.45, 7) is 5.70. The Labute approximate surface area is 259 Å². The van der Waals surface area contributed by atoms with E-state index in [0.29, 0.717) is 47.6 Å². The average Bonchev–Trinajstić information content (AvgIpc) is 3.70. The van der Waals surface area contributed by atoms with Gasteiger partial charge in [-0.15, -0.1) is 0 Å². The average molecular weight is 613 g/mol. The quantitative estimate of drug-likeness (QED) is 0.107. The van der Waals surface area contributed by atoms with Crippen LogP contribution in [0.2, 0.25) is 0 Å². The first-order valence-electron chi connectivity index (χ1n) is 14.6. The van der Waals surface area contributed by atoms with Gasteiger partial charge >= 0.3 is 5.97 Å². The Morgan fingerprint density at radius 1 is 1.09 bits per heavy atom. The number of rotatable bonds is 7. The van der Waals surface area contributed by atoms with Crippen molar-refractivity contribution in [3.05, 3.63) is 72.3 Å². The van der Waals surface area contributed by atoms with E-state index >= 15 is 0 Å². The van der Waals surface area contributed by atoms with E-state index in [1.165, 1.54) is 6.08 Å². The topological polar surface area (TPSA) is 155 Å². The molecule has 1 fully saturated rings. The van der Waals surface area contributed by atoms with E-state index in [4.69, 9.17) is 25.1 Å². The zero-order valence-corrected chi connectivity index (χ0v) is 25.4. The van der Waals surface area contributed by atoms with E-state index in [2.05, 4.69) is 21.0 Å². The molecule has 3 unspecified atom stereocenters. The minimum absolute atomic E-state index is 0.243. The fourth-order valence-electron chi connectivity index (χ4n) is 6.85. The summed E-state index contributed by atoms with van der Waals surface area (Å²) < 4.78 is 16.7. The van der Waals surface area contributed by atoms with Gasteiger partial charge in [0.2, 0.25) is 0 Å². The van der Waals surface area contributed by atoms with Crippen LogP contribution in [0.15, 0.2) is 61.2 Å². The minimum Gasteiger partial charge on any atom is -0.465 e. The number of aldehydes is 2. The molecule has 11 nitrogen and oxygen atoms in total. The molecular weight excluding hydrogens is 576 g/mol.